The van der Waals surface area contributed by atoms with E-state index in [1.54, 1.807) is 0 Å². The van der Waals surface area contributed by atoms with E-state index in [0.29, 0.717) is 18.7 Å². The maximum Gasteiger partial charge on any atom is 0.211 e. The molecule has 0 atom stereocenters. The van der Waals surface area contributed by atoms with Gasteiger partial charge in [-0.05, 0) is 110 Å². The Morgan fingerprint density at radius 3 is 2.39 bits per heavy atom. The highest BCUT2D eigenvalue weighted by Gasteiger charge is 2.21. The molecule has 2 aliphatic heterocycles. The molecule has 3 aromatic rings. The lowest BCUT2D eigenvalue weighted by atomic mass is 9.89. The number of Topliss-reactive ketones (excluding diaryl/α,β-unsaturated/α-hetero) is 1. The van der Waals surface area contributed by atoms with Crippen molar-refractivity contribution in [2.24, 2.45) is 5.92 Å². The topological polar surface area (TPSA) is 52.7 Å². The molecule has 5 rings (SSSR count). The van der Waals surface area contributed by atoms with E-state index in [4.69, 9.17) is 0 Å². The van der Waals surface area contributed by atoms with Crippen LogP contribution in [0.2, 0.25) is 0 Å². The first kappa shape index (κ1) is 32.7. The number of hydrogen-bond acceptors (Lipinski definition) is 4. The average molecular weight is 601 g/mol. The van der Waals surface area contributed by atoms with Gasteiger partial charge < -0.3 is 5.32 Å². The first-order valence-corrected chi connectivity index (χ1v) is 14.2. The van der Waals surface area contributed by atoms with Gasteiger partial charge in [0, 0.05) is 37.3 Å². The summed E-state index contributed by atoms with van der Waals surface area (Å²) in [6.07, 6.45) is 6.59. The predicted molar refractivity (Wildman–Crippen MR) is 167 cm³/mol. The summed E-state index contributed by atoms with van der Waals surface area (Å²) in [5, 5.41) is 2.72. The second-order valence-corrected chi connectivity index (χ2v) is 11.1. The van der Waals surface area contributed by atoms with Crippen molar-refractivity contribution in [1.29, 1.82) is 0 Å². The molecule has 41 heavy (non-hydrogen) atoms. The Morgan fingerprint density at radius 1 is 0.878 bits per heavy atom. The monoisotopic (exact) mass is 599 g/mol. The van der Waals surface area contributed by atoms with E-state index in [0.717, 1.165) is 88.2 Å². The Morgan fingerprint density at radius 2 is 1.63 bits per heavy atom. The summed E-state index contributed by atoms with van der Waals surface area (Å²) in [6, 6.07) is 21.1. The SMILES string of the molecule is Cl.Cl.O=CNc1cccc(CN2CCC(CCC(=O)c3ccc4c(c3)CN(Cc3ccc(F)cc3)CCC4)CC2)c1. The standard InChI is InChI=1S/C33H38FN3O2.2ClH/c34-31-11-6-26(7-12-31)21-37-16-2-4-28-9-10-29(20-30(28)23-37)33(39)13-8-25-14-17-36(18-15-25)22-27-3-1-5-32(19-27)35-24-38;;/h1,3,5-7,9-12,19-20,24-25H,2,4,8,13-18,21-23H2,(H,35,38);2*1H. The fourth-order valence-corrected chi connectivity index (χ4v) is 5.98. The fraction of sp³-hybridized carbons (Fsp3) is 0.394. The van der Waals surface area contributed by atoms with Crippen LogP contribution in [0.5, 0.6) is 0 Å². The van der Waals surface area contributed by atoms with Gasteiger partial charge in [0.15, 0.2) is 5.78 Å². The van der Waals surface area contributed by atoms with Gasteiger partial charge in [0.25, 0.3) is 0 Å². The summed E-state index contributed by atoms with van der Waals surface area (Å²) >= 11 is 0. The normalized spacial score (nSPS) is 16.0. The van der Waals surface area contributed by atoms with Crippen molar-refractivity contribution in [3.8, 4) is 0 Å². The largest absolute Gasteiger partial charge is 0.329 e. The number of anilines is 1. The molecule has 1 amide bonds. The molecule has 0 saturated carbocycles. The van der Waals surface area contributed by atoms with E-state index in [9.17, 15) is 14.0 Å². The molecule has 220 valence electrons. The Labute approximate surface area is 255 Å². The van der Waals surface area contributed by atoms with Gasteiger partial charge in [0.2, 0.25) is 6.41 Å². The maximum atomic E-state index is 13.3. The number of fused-ring (bicyclic) bond motifs is 1. The summed E-state index contributed by atoms with van der Waals surface area (Å²) in [6.45, 7) is 5.56. The molecular formula is C33H40Cl2FN3O2. The number of carbonyl (C=O) groups excluding carboxylic acids is 2. The number of carbonyl (C=O) groups is 2. The molecule has 5 nitrogen and oxygen atoms in total. The molecule has 0 aliphatic carbocycles. The van der Waals surface area contributed by atoms with Crippen LogP contribution in [0, 0.1) is 11.7 Å². The van der Waals surface area contributed by atoms with Crippen LogP contribution in [0.25, 0.3) is 0 Å². The first-order valence-electron chi connectivity index (χ1n) is 14.2. The van der Waals surface area contributed by atoms with Gasteiger partial charge >= 0.3 is 0 Å². The van der Waals surface area contributed by atoms with E-state index in [2.05, 4.69) is 33.3 Å². The molecule has 0 bridgehead atoms. The molecule has 0 radical (unpaired) electrons. The Kier molecular flexibility index (Phi) is 12.8. The zero-order chi connectivity index (χ0) is 27.0. The van der Waals surface area contributed by atoms with Crippen LogP contribution in [0.15, 0.2) is 66.7 Å². The third-order valence-electron chi connectivity index (χ3n) is 8.21. The fourth-order valence-electron chi connectivity index (χ4n) is 5.98. The molecule has 2 aliphatic rings. The highest BCUT2D eigenvalue weighted by atomic mass is 35.5. The summed E-state index contributed by atoms with van der Waals surface area (Å²) in [4.78, 5) is 28.7. The molecule has 8 heteroatoms. The maximum absolute atomic E-state index is 13.3. The summed E-state index contributed by atoms with van der Waals surface area (Å²) < 4.78 is 13.3. The number of halogens is 3. The van der Waals surface area contributed by atoms with Crippen LogP contribution in [0.3, 0.4) is 0 Å². The van der Waals surface area contributed by atoms with Gasteiger partial charge in [-0.25, -0.2) is 4.39 Å². The third-order valence-corrected chi connectivity index (χ3v) is 8.21. The van der Waals surface area contributed by atoms with Crippen LogP contribution in [-0.4, -0.2) is 41.6 Å². The number of benzene rings is 3. The molecule has 1 saturated heterocycles. The van der Waals surface area contributed by atoms with E-state index in [-0.39, 0.29) is 36.4 Å². The zero-order valence-electron chi connectivity index (χ0n) is 23.4. The molecule has 0 unspecified atom stereocenters. The lowest BCUT2D eigenvalue weighted by Gasteiger charge is -2.32. The van der Waals surface area contributed by atoms with Gasteiger partial charge in [-0.3, -0.25) is 19.4 Å². The van der Waals surface area contributed by atoms with E-state index >= 15 is 0 Å². The van der Waals surface area contributed by atoms with E-state index in [1.807, 2.05) is 36.4 Å². The van der Waals surface area contributed by atoms with Gasteiger partial charge in [0.05, 0.1) is 0 Å². The van der Waals surface area contributed by atoms with Gasteiger partial charge in [-0.1, -0.05) is 36.4 Å². The smallest absolute Gasteiger partial charge is 0.211 e. The molecule has 1 fully saturated rings. The van der Waals surface area contributed by atoms with Crippen molar-refractivity contribution < 1.29 is 14.0 Å². The number of rotatable bonds is 10. The van der Waals surface area contributed by atoms with Crippen LogP contribution < -0.4 is 5.32 Å². The number of nitrogens with one attached hydrogen (secondary N) is 1. The van der Waals surface area contributed by atoms with Gasteiger partial charge in [0.1, 0.15) is 5.82 Å². The number of hydrogen-bond donors (Lipinski definition) is 1. The van der Waals surface area contributed by atoms with Crippen LogP contribution in [0.1, 0.15) is 64.7 Å². The number of ketones is 1. The van der Waals surface area contributed by atoms with Gasteiger partial charge in [-0.15, -0.1) is 24.8 Å². The molecule has 0 spiro atoms. The summed E-state index contributed by atoms with van der Waals surface area (Å²) in [7, 11) is 0. The predicted octanol–water partition coefficient (Wildman–Crippen LogP) is 7.06. The second kappa shape index (κ2) is 16.0. The number of nitrogens with zero attached hydrogens (tertiary/aromatic N) is 2. The van der Waals surface area contributed by atoms with Crippen LogP contribution in [-0.2, 0) is 30.8 Å². The minimum atomic E-state index is -0.205. The first-order chi connectivity index (χ1) is 19.1. The van der Waals surface area contributed by atoms with Crippen molar-refractivity contribution in [3.05, 3.63) is 100 Å². The molecule has 1 N–H and O–H groups in total. The second-order valence-electron chi connectivity index (χ2n) is 11.1. The van der Waals surface area contributed by atoms with Crippen LogP contribution >= 0.6 is 24.8 Å². The molecular weight excluding hydrogens is 560 g/mol. The Hall–Kier alpha value is -2.77. The van der Waals surface area contributed by atoms with E-state index < -0.39 is 0 Å². The summed E-state index contributed by atoms with van der Waals surface area (Å²) in [5.74, 6) is 0.624. The lowest BCUT2D eigenvalue weighted by Crippen LogP contribution is -2.33. The van der Waals surface area contributed by atoms with Crippen molar-refractivity contribution >= 4 is 42.7 Å². The number of piperidine rings is 1. The Balaban J connectivity index is 0.00000231. The minimum absolute atomic E-state index is 0. The number of aryl methyl sites for hydroxylation is 1. The number of likely N-dealkylation sites (tertiary alicyclic amines) is 1. The van der Waals surface area contributed by atoms with Crippen molar-refractivity contribution in [1.82, 2.24) is 9.80 Å². The van der Waals surface area contributed by atoms with Gasteiger partial charge in [-0.2, -0.15) is 0 Å². The quantitative estimate of drug-likeness (QED) is 0.200. The molecule has 0 aromatic heterocycles. The lowest BCUT2D eigenvalue weighted by molar-refractivity contribution is -0.105. The van der Waals surface area contributed by atoms with Crippen molar-refractivity contribution in [3.63, 3.8) is 0 Å². The molecule has 3 aromatic carbocycles. The highest BCUT2D eigenvalue weighted by Crippen LogP contribution is 2.26. The average Bonchev–Trinajstić information content (AvgIpc) is 3.15. The van der Waals surface area contributed by atoms with E-state index in [1.165, 1.54) is 28.8 Å². The molecule has 2 heterocycles. The minimum Gasteiger partial charge on any atom is -0.329 e. The number of amides is 1. The van der Waals surface area contributed by atoms with Crippen molar-refractivity contribution in [2.45, 2.75) is 58.2 Å². The zero-order valence-corrected chi connectivity index (χ0v) is 25.0. The Bertz CT molecular complexity index is 1280. The highest BCUT2D eigenvalue weighted by molar-refractivity contribution is 5.96. The third kappa shape index (κ3) is 9.37. The van der Waals surface area contributed by atoms with Crippen LogP contribution in [0.4, 0.5) is 10.1 Å². The summed E-state index contributed by atoms with van der Waals surface area (Å²) in [5.41, 5.74) is 6.57. The van der Waals surface area contributed by atoms with Crippen molar-refractivity contribution in [2.75, 3.05) is 25.0 Å².